The molecule has 1 unspecified atom stereocenters. The molecule has 1 aliphatic rings. The van der Waals surface area contributed by atoms with Gasteiger partial charge in [0.2, 0.25) is 0 Å². The highest BCUT2D eigenvalue weighted by Gasteiger charge is 2.31. The highest BCUT2D eigenvalue weighted by atomic mass is 19.4. The van der Waals surface area contributed by atoms with Crippen LogP contribution in [0.5, 0.6) is 0 Å². The Bertz CT molecular complexity index is 1160. The Kier molecular flexibility index (Phi) is 5.53. The molecule has 3 aromatic rings. The first-order valence-electron chi connectivity index (χ1n) is 9.99. The molecule has 4 rings (SSSR count). The van der Waals surface area contributed by atoms with Crippen molar-refractivity contribution >= 4 is 28.0 Å². The molecule has 31 heavy (non-hydrogen) atoms. The number of fused-ring (bicyclic) bond motifs is 1. The van der Waals surface area contributed by atoms with Crippen molar-refractivity contribution in [1.29, 1.82) is 0 Å². The standard InChI is InChI=1S/C22H23F3N6/c1-12(15-7-16(22(23,24)25)9-17(26)8-15)29-21-18-10-19(14-3-5-27-6-4-14)28-11-20(18)30-13(2)31-21/h3,7-12,27H,4-6,26H2,1-2H3,(H,29,30,31). The SMILES string of the molecule is Cc1nc(NC(C)c2cc(N)cc(C(F)(F)F)c2)c2cc(C3=CCNCC3)ncc2n1. The van der Waals surface area contributed by atoms with Crippen LogP contribution in [0.3, 0.4) is 0 Å². The Morgan fingerprint density at radius 2 is 1.97 bits per heavy atom. The topological polar surface area (TPSA) is 88.8 Å². The molecule has 162 valence electrons. The maximum absolute atomic E-state index is 13.2. The third-order valence-electron chi connectivity index (χ3n) is 5.25. The summed E-state index contributed by atoms with van der Waals surface area (Å²) in [6.07, 6.45) is 0.216. The summed E-state index contributed by atoms with van der Waals surface area (Å²) in [6.45, 7) is 5.21. The van der Waals surface area contributed by atoms with Gasteiger partial charge < -0.3 is 16.4 Å². The van der Waals surface area contributed by atoms with Gasteiger partial charge in [0, 0.05) is 17.6 Å². The van der Waals surface area contributed by atoms with Crippen molar-refractivity contribution in [2.75, 3.05) is 24.1 Å². The lowest BCUT2D eigenvalue weighted by molar-refractivity contribution is -0.137. The number of hydrogen-bond acceptors (Lipinski definition) is 6. The van der Waals surface area contributed by atoms with Gasteiger partial charge in [0.15, 0.2) is 0 Å². The smallest absolute Gasteiger partial charge is 0.399 e. The lowest BCUT2D eigenvalue weighted by atomic mass is 10.0. The van der Waals surface area contributed by atoms with Crippen molar-refractivity contribution in [2.24, 2.45) is 0 Å². The zero-order valence-corrected chi connectivity index (χ0v) is 17.2. The van der Waals surface area contributed by atoms with E-state index in [2.05, 4.69) is 31.7 Å². The number of nitrogens with two attached hydrogens (primary N) is 1. The number of alkyl halides is 3. The first-order chi connectivity index (χ1) is 14.7. The first kappa shape index (κ1) is 21.0. The van der Waals surface area contributed by atoms with E-state index in [4.69, 9.17) is 5.73 Å². The molecule has 9 heteroatoms. The average Bonchev–Trinajstić information content (AvgIpc) is 2.73. The number of benzene rings is 1. The summed E-state index contributed by atoms with van der Waals surface area (Å²) in [5.74, 6) is 1.09. The summed E-state index contributed by atoms with van der Waals surface area (Å²) in [5.41, 5.74) is 8.10. The van der Waals surface area contributed by atoms with E-state index in [-0.39, 0.29) is 5.69 Å². The van der Waals surface area contributed by atoms with Crippen LogP contribution >= 0.6 is 0 Å². The largest absolute Gasteiger partial charge is 0.416 e. The van der Waals surface area contributed by atoms with Crippen molar-refractivity contribution in [1.82, 2.24) is 20.3 Å². The molecule has 0 radical (unpaired) electrons. The number of anilines is 2. The minimum absolute atomic E-state index is 0.0616. The first-order valence-corrected chi connectivity index (χ1v) is 9.99. The Labute approximate surface area is 177 Å². The van der Waals surface area contributed by atoms with Crippen LogP contribution in [0.1, 0.15) is 42.0 Å². The Hall–Kier alpha value is -3.20. The van der Waals surface area contributed by atoms with Crippen LogP contribution in [0.2, 0.25) is 0 Å². The van der Waals surface area contributed by atoms with Gasteiger partial charge in [0.25, 0.3) is 0 Å². The normalized spacial score (nSPS) is 15.6. The van der Waals surface area contributed by atoms with Crippen molar-refractivity contribution in [2.45, 2.75) is 32.5 Å². The van der Waals surface area contributed by atoms with Crippen LogP contribution in [0, 0.1) is 6.92 Å². The summed E-state index contributed by atoms with van der Waals surface area (Å²) in [5, 5.41) is 7.28. The van der Waals surface area contributed by atoms with Crippen LogP contribution in [0.25, 0.3) is 16.5 Å². The van der Waals surface area contributed by atoms with Gasteiger partial charge in [-0.25, -0.2) is 9.97 Å². The minimum Gasteiger partial charge on any atom is -0.399 e. The van der Waals surface area contributed by atoms with Gasteiger partial charge in [-0.2, -0.15) is 13.2 Å². The van der Waals surface area contributed by atoms with E-state index in [0.29, 0.717) is 22.7 Å². The van der Waals surface area contributed by atoms with Crippen molar-refractivity contribution < 1.29 is 13.2 Å². The Morgan fingerprint density at radius 1 is 1.16 bits per heavy atom. The molecule has 1 aromatic carbocycles. The molecule has 0 spiro atoms. The summed E-state index contributed by atoms with van der Waals surface area (Å²) in [4.78, 5) is 13.5. The molecule has 0 fully saturated rings. The molecule has 0 amide bonds. The number of aromatic nitrogens is 3. The van der Waals surface area contributed by atoms with Crippen LogP contribution in [0.4, 0.5) is 24.7 Å². The van der Waals surface area contributed by atoms with Gasteiger partial charge in [-0.05, 0) is 62.2 Å². The summed E-state index contributed by atoms with van der Waals surface area (Å²) < 4.78 is 39.6. The van der Waals surface area contributed by atoms with Crippen molar-refractivity contribution in [3.05, 3.63) is 59.2 Å². The number of hydrogen-bond donors (Lipinski definition) is 3. The van der Waals surface area contributed by atoms with E-state index in [1.165, 1.54) is 6.07 Å². The number of nitrogens with zero attached hydrogens (tertiary/aromatic N) is 3. The molecular formula is C22H23F3N6. The fourth-order valence-corrected chi connectivity index (χ4v) is 3.67. The second-order valence-corrected chi connectivity index (χ2v) is 7.64. The molecular weight excluding hydrogens is 405 g/mol. The van der Waals surface area contributed by atoms with E-state index in [1.54, 1.807) is 20.0 Å². The predicted octanol–water partition coefficient (Wildman–Crippen LogP) is 4.48. The summed E-state index contributed by atoms with van der Waals surface area (Å²) >= 11 is 0. The molecule has 4 N–H and O–H groups in total. The van der Waals surface area contributed by atoms with Gasteiger partial charge in [-0.15, -0.1) is 0 Å². The van der Waals surface area contributed by atoms with Crippen LogP contribution in [-0.2, 0) is 6.18 Å². The third-order valence-corrected chi connectivity index (χ3v) is 5.25. The minimum atomic E-state index is -4.47. The molecule has 2 aromatic heterocycles. The average molecular weight is 428 g/mol. The van der Waals surface area contributed by atoms with Gasteiger partial charge in [-0.1, -0.05) is 6.08 Å². The van der Waals surface area contributed by atoms with E-state index in [1.807, 2.05) is 6.07 Å². The molecule has 1 atom stereocenters. The maximum Gasteiger partial charge on any atom is 0.416 e. The van der Waals surface area contributed by atoms with E-state index in [0.717, 1.165) is 48.3 Å². The Morgan fingerprint density at radius 3 is 2.68 bits per heavy atom. The number of nitrogen functional groups attached to an aromatic ring is 1. The van der Waals surface area contributed by atoms with Gasteiger partial charge in [0.05, 0.1) is 29.0 Å². The second kappa shape index (κ2) is 8.14. The highest BCUT2D eigenvalue weighted by molar-refractivity contribution is 5.90. The number of pyridine rings is 1. The molecule has 3 heterocycles. The maximum atomic E-state index is 13.2. The van der Waals surface area contributed by atoms with Crippen LogP contribution in [-0.4, -0.2) is 28.0 Å². The molecule has 1 aliphatic heterocycles. The molecule has 0 bridgehead atoms. The van der Waals surface area contributed by atoms with Gasteiger partial charge >= 0.3 is 6.18 Å². The van der Waals surface area contributed by atoms with Crippen LogP contribution < -0.4 is 16.4 Å². The third kappa shape index (κ3) is 4.61. The Balaban J connectivity index is 1.72. The second-order valence-electron chi connectivity index (χ2n) is 7.64. The van der Waals surface area contributed by atoms with E-state index >= 15 is 0 Å². The van der Waals surface area contributed by atoms with Gasteiger partial charge in [0.1, 0.15) is 11.6 Å². The fourth-order valence-electron chi connectivity index (χ4n) is 3.67. The van der Waals surface area contributed by atoms with Crippen LogP contribution in [0.15, 0.2) is 36.5 Å². The molecule has 0 saturated heterocycles. The molecule has 6 nitrogen and oxygen atoms in total. The zero-order chi connectivity index (χ0) is 22.2. The highest BCUT2D eigenvalue weighted by Crippen LogP contribution is 2.34. The fraction of sp³-hybridized carbons (Fsp3) is 0.318. The van der Waals surface area contributed by atoms with Crippen molar-refractivity contribution in [3.8, 4) is 0 Å². The lowest BCUT2D eigenvalue weighted by Crippen LogP contribution is -2.20. The van der Waals surface area contributed by atoms with E-state index < -0.39 is 17.8 Å². The predicted molar refractivity (Wildman–Crippen MR) is 115 cm³/mol. The molecule has 0 aliphatic carbocycles. The van der Waals surface area contributed by atoms with Crippen molar-refractivity contribution in [3.63, 3.8) is 0 Å². The number of rotatable bonds is 4. The lowest BCUT2D eigenvalue weighted by Gasteiger charge is -2.19. The number of halogens is 3. The monoisotopic (exact) mass is 428 g/mol. The zero-order valence-electron chi connectivity index (χ0n) is 17.2. The summed E-state index contributed by atoms with van der Waals surface area (Å²) in [6, 6.07) is 5.05. The molecule has 0 saturated carbocycles. The van der Waals surface area contributed by atoms with E-state index in [9.17, 15) is 13.2 Å². The number of nitrogens with one attached hydrogen (secondary N) is 2. The number of aryl methyl sites for hydroxylation is 1. The quantitative estimate of drug-likeness (QED) is 0.531. The summed E-state index contributed by atoms with van der Waals surface area (Å²) in [7, 11) is 0. The van der Waals surface area contributed by atoms with Gasteiger partial charge in [-0.3, -0.25) is 4.98 Å².